The molecule has 1 aromatic heterocycles. The van der Waals surface area contributed by atoms with Crippen LogP contribution < -0.4 is 10.3 Å². The van der Waals surface area contributed by atoms with E-state index in [1.807, 2.05) is 55.5 Å². The number of carbonyl (C=O) groups excluding carboxylic acids is 1. The molecule has 5 heteroatoms. The Morgan fingerprint density at radius 1 is 1.08 bits per heavy atom. The van der Waals surface area contributed by atoms with Crippen LogP contribution in [0.1, 0.15) is 24.5 Å². The van der Waals surface area contributed by atoms with Crippen LogP contribution in [0.15, 0.2) is 59.4 Å². The molecule has 26 heavy (non-hydrogen) atoms. The number of fused-ring (bicyclic) bond motifs is 1. The molecule has 0 atom stereocenters. The van der Waals surface area contributed by atoms with Gasteiger partial charge in [-0.05, 0) is 29.8 Å². The van der Waals surface area contributed by atoms with E-state index in [4.69, 9.17) is 4.74 Å². The van der Waals surface area contributed by atoms with Crippen LogP contribution in [0.5, 0.6) is 5.75 Å². The lowest BCUT2D eigenvalue weighted by atomic mass is 10.1. The van der Waals surface area contributed by atoms with Gasteiger partial charge in [-0.1, -0.05) is 37.3 Å². The SMILES string of the molecule is CCC(=O)N(Cc1ccccc1)Cc1cc2cc(OC)ccc2[nH]c1=O. The van der Waals surface area contributed by atoms with Crippen LogP contribution >= 0.6 is 0 Å². The average Bonchev–Trinajstić information content (AvgIpc) is 2.67. The van der Waals surface area contributed by atoms with Crippen LogP contribution in [0, 0.1) is 0 Å². The molecule has 0 fully saturated rings. The number of amides is 1. The largest absolute Gasteiger partial charge is 0.497 e. The molecule has 0 aliphatic carbocycles. The normalized spacial score (nSPS) is 10.7. The molecule has 2 aromatic carbocycles. The van der Waals surface area contributed by atoms with Crippen molar-refractivity contribution < 1.29 is 9.53 Å². The van der Waals surface area contributed by atoms with Crippen molar-refractivity contribution in [3.05, 3.63) is 76.1 Å². The Hall–Kier alpha value is -3.08. The summed E-state index contributed by atoms with van der Waals surface area (Å²) < 4.78 is 5.25. The van der Waals surface area contributed by atoms with Crippen molar-refractivity contribution in [3.8, 4) is 5.75 Å². The van der Waals surface area contributed by atoms with Crippen molar-refractivity contribution in [2.24, 2.45) is 0 Å². The monoisotopic (exact) mass is 350 g/mol. The summed E-state index contributed by atoms with van der Waals surface area (Å²) in [4.78, 5) is 29.5. The van der Waals surface area contributed by atoms with Crippen LogP contribution in [0.2, 0.25) is 0 Å². The minimum Gasteiger partial charge on any atom is -0.497 e. The van der Waals surface area contributed by atoms with Gasteiger partial charge in [-0.2, -0.15) is 0 Å². The predicted octanol–water partition coefficient (Wildman–Crippen LogP) is 3.48. The summed E-state index contributed by atoms with van der Waals surface area (Å²) in [6, 6.07) is 17.1. The van der Waals surface area contributed by atoms with Gasteiger partial charge in [-0.25, -0.2) is 0 Å². The first-order valence-electron chi connectivity index (χ1n) is 8.62. The van der Waals surface area contributed by atoms with Gasteiger partial charge in [0.15, 0.2) is 0 Å². The number of H-pyrrole nitrogens is 1. The van der Waals surface area contributed by atoms with Gasteiger partial charge in [0.1, 0.15) is 5.75 Å². The summed E-state index contributed by atoms with van der Waals surface area (Å²) in [5, 5.41) is 0.877. The average molecular weight is 350 g/mol. The summed E-state index contributed by atoms with van der Waals surface area (Å²) in [7, 11) is 1.61. The summed E-state index contributed by atoms with van der Waals surface area (Å²) in [6.45, 7) is 2.57. The minimum atomic E-state index is -0.176. The number of ether oxygens (including phenoxy) is 1. The van der Waals surface area contributed by atoms with Crippen LogP contribution in [0.25, 0.3) is 10.9 Å². The maximum absolute atomic E-state index is 12.5. The van der Waals surface area contributed by atoms with Gasteiger partial charge in [0.25, 0.3) is 5.56 Å². The van der Waals surface area contributed by atoms with Crippen molar-refractivity contribution in [1.82, 2.24) is 9.88 Å². The van der Waals surface area contributed by atoms with E-state index in [9.17, 15) is 9.59 Å². The van der Waals surface area contributed by atoms with Crippen LogP contribution in [-0.2, 0) is 17.9 Å². The highest BCUT2D eigenvalue weighted by molar-refractivity contribution is 5.81. The number of benzene rings is 2. The Morgan fingerprint density at radius 2 is 1.85 bits per heavy atom. The Labute approximate surface area is 152 Å². The van der Waals surface area contributed by atoms with E-state index in [0.717, 1.165) is 22.2 Å². The van der Waals surface area contributed by atoms with Gasteiger partial charge in [-0.3, -0.25) is 9.59 Å². The third-order valence-corrected chi connectivity index (χ3v) is 4.36. The minimum absolute atomic E-state index is 0.0130. The quantitative estimate of drug-likeness (QED) is 0.740. The van der Waals surface area contributed by atoms with Crippen LogP contribution in [-0.4, -0.2) is 22.9 Å². The molecule has 0 bridgehead atoms. The van der Waals surface area contributed by atoms with E-state index in [1.54, 1.807) is 18.1 Å². The number of carbonyl (C=O) groups is 1. The van der Waals surface area contributed by atoms with Crippen molar-refractivity contribution >= 4 is 16.8 Å². The van der Waals surface area contributed by atoms with E-state index in [2.05, 4.69) is 4.98 Å². The molecular formula is C21H22N2O3. The number of rotatable bonds is 6. The lowest BCUT2D eigenvalue weighted by molar-refractivity contribution is -0.132. The summed E-state index contributed by atoms with van der Waals surface area (Å²) in [5.41, 5.74) is 2.16. The van der Waals surface area contributed by atoms with Crippen LogP contribution in [0.4, 0.5) is 0 Å². The fraction of sp³-hybridized carbons (Fsp3) is 0.238. The number of nitrogens with zero attached hydrogens (tertiary/aromatic N) is 1. The number of methoxy groups -OCH3 is 1. The van der Waals surface area contributed by atoms with E-state index >= 15 is 0 Å². The highest BCUT2D eigenvalue weighted by atomic mass is 16.5. The fourth-order valence-electron chi connectivity index (χ4n) is 2.94. The molecule has 134 valence electrons. The summed E-state index contributed by atoms with van der Waals surface area (Å²) >= 11 is 0. The zero-order chi connectivity index (χ0) is 18.5. The van der Waals surface area contributed by atoms with Crippen molar-refractivity contribution in [2.75, 3.05) is 7.11 Å². The molecule has 1 N–H and O–H groups in total. The maximum atomic E-state index is 12.5. The van der Waals surface area contributed by atoms with Gasteiger partial charge in [-0.15, -0.1) is 0 Å². The van der Waals surface area contributed by atoms with E-state index in [-0.39, 0.29) is 18.0 Å². The Bertz CT molecular complexity index is 964. The molecule has 0 aliphatic heterocycles. The first-order chi connectivity index (χ1) is 12.6. The zero-order valence-corrected chi connectivity index (χ0v) is 15.0. The summed E-state index contributed by atoms with van der Waals surface area (Å²) in [5.74, 6) is 0.736. The number of aromatic nitrogens is 1. The molecule has 5 nitrogen and oxygen atoms in total. The number of pyridine rings is 1. The van der Waals surface area contributed by atoms with Gasteiger partial charge in [0.05, 0.1) is 13.7 Å². The second-order valence-electron chi connectivity index (χ2n) is 6.17. The van der Waals surface area contributed by atoms with Crippen molar-refractivity contribution in [1.29, 1.82) is 0 Å². The third-order valence-electron chi connectivity index (χ3n) is 4.36. The second kappa shape index (κ2) is 7.87. The second-order valence-corrected chi connectivity index (χ2v) is 6.17. The third kappa shape index (κ3) is 3.94. The Balaban J connectivity index is 1.93. The molecule has 0 saturated heterocycles. The molecule has 1 heterocycles. The standard InChI is InChI=1S/C21H22N2O3/c1-3-20(24)23(13-15-7-5-4-6-8-15)14-17-11-16-12-18(26-2)9-10-19(16)22-21(17)25/h4-12H,3,13-14H2,1-2H3,(H,22,25). The molecule has 0 unspecified atom stereocenters. The molecular weight excluding hydrogens is 328 g/mol. The number of hydrogen-bond donors (Lipinski definition) is 1. The fourth-order valence-corrected chi connectivity index (χ4v) is 2.94. The van der Waals surface area contributed by atoms with E-state index in [1.165, 1.54) is 0 Å². The number of nitrogens with one attached hydrogen (secondary N) is 1. The molecule has 0 radical (unpaired) electrons. The highest BCUT2D eigenvalue weighted by Crippen LogP contribution is 2.19. The lowest BCUT2D eigenvalue weighted by Crippen LogP contribution is -2.31. The van der Waals surface area contributed by atoms with Crippen molar-refractivity contribution in [2.45, 2.75) is 26.4 Å². The topological polar surface area (TPSA) is 62.4 Å². The van der Waals surface area contributed by atoms with E-state index < -0.39 is 0 Å². The van der Waals surface area contributed by atoms with Gasteiger partial charge < -0.3 is 14.6 Å². The lowest BCUT2D eigenvalue weighted by Gasteiger charge is -2.22. The van der Waals surface area contributed by atoms with Gasteiger partial charge >= 0.3 is 0 Å². The Kier molecular flexibility index (Phi) is 5.37. The predicted molar refractivity (Wildman–Crippen MR) is 102 cm³/mol. The molecule has 3 rings (SSSR count). The highest BCUT2D eigenvalue weighted by Gasteiger charge is 2.15. The molecule has 1 amide bonds. The molecule has 0 spiro atoms. The van der Waals surface area contributed by atoms with Crippen LogP contribution in [0.3, 0.4) is 0 Å². The number of hydrogen-bond acceptors (Lipinski definition) is 3. The van der Waals surface area contributed by atoms with Gasteiger partial charge in [0, 0.05) is 29.4 Å². The maximum Gasteiger partial charge on any atom is 0.253 e. The first kappa shape index (κ1) is 17.7. The number of aromatic amines is 1. The first-order valence-corrected chi connectivity index (χ1v) is 8.62. The zero-order valence-electron chi connectivity index (χ0n) is 15.0. The smallest absolute Gasteiger partial charge is 0.253 e. The van der Waals surface area contributed by atoms with E-state index in [0.29, 0.717) is 18.5 Å². The molecule has 0 aliphatic rings. The molecule has 3 aromatic rings. The summed E-state index contributed by atoms with van der Waals surface area (Å²) in [6.07, 6.45) is 0.395. The van der Waals surface area contributed by atoms with Gasteiger partial charge in [0.2, 0.25) is 5.91 Å². The molecule has 0 saturated carbocycles. The Morgan fingerprint density at radius 3 is 2.54 bits per heavy atom. The van der Waals surface area contributed by atoms with Crippen molar-refractivity contribution in [3.63, 3.8) is 0 Å².